The van der Waals surface area contributed by atoms with E-state index in [0.29, 0.717) is 18.9 Å². The Morgan fingerprint density at radius 2 is 1.87 bits per heavy atom. The molecule has 2 aliphatic rings. The van der Waals surface area contributed by atoms with Gasteiger partial charge in [0, 0.05) is 44.0 Å². The molecule has 0 radical (unpaired) electrons. The van der Waals surface area contributed by atoms with Crippen molar-refractivity contribution in [3.8, 4) is 0 Å². The molecule has 2 aromatic carbocycles. The monoisotopic (exact) mass is 631 g/mol. The number of benzene rings is 2. The molecule has 0 spiro atoms. The smallest absolute Gasteiger partial charge is 0.311 e. The summed E-state index contributed by atoms with van der Waals surface area (Å²) in [6.07, 6.45) is 0.992. The molecular formula is C29H38IN5O3. The number of hydrogen-bond donors (Lipinski definition) is 1. The Hall–Kier alpha value is -2.66. The van der Waals surface area contributed by atoms with Crippen molar-refractivity contribution < 1.29 is 14.3 Å². The lowest BCUT2D eigenvalue weighted by molar-refractivity contribution is -0.141. The van der Waals surface area contributed by atoms with Crippen LogP contribution in [-0.2, 0) is 14.3 Å². The van der Waals surface area contributed by atoms with E-state index in [1.807, 2.05) is 24.3 Å². The number of alkyl halides is 1. The summed E-state index contributed by atoms with van der Waals surface area (Å²) in [5, 5.41) is 9.50. The summed E-state index contributed by atoms with van der Waals surface area (Å²) in [6, 6.07) is 14.6. The van der Waals surface area contributed by atoms with Crippen molar-refractivity contribution in [3.05, 3.63) is 64.7 Å². The number of halogens is 1. The second-order valence-corrected chi connectivity index (χ2v) is 11.1. The first-order valence-corrected chi connectivity index (χ1v) is 14.6. The minimum atomic E-state index is -0.313. The molecule has 2 heterocycles. The molecule has 1 N–H and O–H groups in total. The summed E-state index contributed by atoms with van der Waals surface area (Å²) in [5.41, 5.74) is 6.60. The van der Waals surface area contributed by atoms with E-state index < -0.39 is 0 Å². The summed E-state index contributed by atoms with van der Waals surface area (Å²) in [6.45, 7) is 12.3. The van der Waals surface area contributed by atoms with E-state index in [4.69, 9.17) is 4.74 Å². The summed E-state index contributed by atoms with van der Waals surface area (Å²) < 4.78 is 5.04. The predicted octanol–water partition coefficient (Wildman–Crippen LogP) is 4.04. The summed E-state index contributed by atoms with van der Waals surface area (Å²) in [4.78, 5) is 29.9. The number of hydrazone groups is 1. The van der Waals surface area contributed by atoms with Crippen molar-refractivity contribution in [3.63, 3.8) is 0 Å². The highest BCUT2D eigenvalue weighted by atomic mass is 127. The second-order valence-electron chi connectivity index (χ2n) is 9.87. The number of carbonyl (C=O) groups excluding carboxylic acids is 2. The molecular weight excluding hydrogens is 593 g/mol. The first-order valence-electron chi connectivity index (χ1n) is 13.4. The molecule has 0 aliphatic carbocycles. The number of aryl methyl sites for hydroxylation is 2. The maximum Gasteiger partial charge on any atom is 0.311 e. The minimum absolute atomic E-state index is 0.0649. The van der Waals surface area contributed by atoms with E-state index in [1.54, 1.807) is 11.9 Å². The quantitative estimate of drug-likeness (QED) is 0.140. The zero-order valence-corrected chi connectivity index (χ0v) is 24.7. The molecule has 1 fully saturated rings. The Morgan fingerprint density at radius 3 is 2.61 bits per heavy atom. The molecule has 8 nitrogen and oxygen atoms in total. The van der Waals surface area contributed by atoms with E-state index in [-0.39, 0.29) is 28.9 Å². The van der Waals surface area contributed by atoms with Gasteiger partial charge in [-0.05, 0) is 50.9 Å². The number of anilines is 1. The highest BCUT2D eigenvalue weighted by Crippen LogP contribution is 2.35. The SMILES string of the molecule is CCOC(=O)CC1=NN(CC(=O)NCCCN2CCN(c3ccc(C)cc3C)CC2)C(I)c2ccccc21. The highest BCUT2D eigenvalue weighted by molar-refractivity contribution is 14.1. The van der Waals surface area contributed by atoms with Gasteiger partial charge in [0.25, 0.3) is 0 Å². The standard InChI is InChI=1S/C29H38IN5O3/c1-4-38-28(37)19-25-23-8-5-6-9-24(23)29(30)35(32-25)20-27(36)31-12-7-13-33-14-16-34(17-15-33)26-11-10-21(2)18-22(26)3/h5-6,8-11,18,29H,4,7,12-17,19-20H2,1-3H3,(H,31,36). The van der Waals surface area contributed by atoms with Crippen LogP contribution < -0.4 is 10.2 Å². The molecule has 2 aromatic rings. The first-order chi connectivity index (χ1) is 18.4. The number of ether oxygens (including phenoxy) is 1. The van der Waals surface area contributed by atoms with Gasteiger partial charge in [0.05, 0.1) is 18.7 Å². The van der Waals surface area contributed by atoms with Crippen LogP contribution in [-0.4, -0.2) is 79.9 Å². The average molecular weight is 632 g/mol. The maximum absolute atomic E-state index is 12.8. The Morgan fingerprint density at radius 1 is 1.11 bits per heavy atom. The summed E-state index contributed by atoms with van der Waals surface area (Å²) in [5.74, 6) is -0.378. The third kappa shape index (κ3) is 7.25. The third-order valence-corrected chi connectivity index (χ3v) is 8.31. The van der Waals surface area contributed by atoms with Crippen LogP contribution >= 0.6 is 22.6 Å². The molecule has 38 heavy (non-hydrogen) atoms. The topological polar surface area (TPSA) is 77.5 Å². The normalized spacial score (nSPS) is 17.6. The number of fused-ring (bicyclic) bond motifs is 1. The van der Waals surface area contributed by atoms with Crippen molar-refractivity contribution >= 4 is 45.9 Å². The molecule has 1 unspecified atom stereocenters. The molecule has 2 aliphatic heterocycles. The van der Waals surface area contributed by atoms with Crippen LogP contribution in [0.5, 0.6) is 0 Å². The Bertz CT molecular complexity index is 1160. The predicted molar refractivity (Wildman–Crippen MR) is 160 cm³/mol. The van der Waals surface area contributed by atoms with Gasteiger partial charge in [0.15, 0.2) is 0 Å². The van der Waals surface area contributed by atoms with Crippen molar-refractivity contribution in [2.75, 3.05) is 57.3 Å². The lowest BCUT2D eigenvalue weighted by Crippen LogP contribution is -2.47. The molecule has 204 valence electrons. The molecule has 0 bridgehead atoms. The van der Waals surface area contributed by atoms with Gasteiger partial charge >= 0.3 is 5.97 Å². The van der Waals surface area contributed by atoms with Gasteiger partial charge in [-0.25, -0.2) is 0 Å². The van der Waals surface area contributed by atoms with Gasteiger partial charge in [-0.2, -0.15) is 5.10 Å². The summed E-state index contributed by atoms with van der Waals surface area (Å²) >= 11 is 2.30. The van der Waals surface area contributed by atoms with Gasteiger partial charge in [0.1, 0.15) is 10.6 Å². The molecule has 0 aromatic heterocycles. The number of piperazine rings is 1. The zero-order valence-electron chi connectivity index (χ0n) is 22.6. The molecule has 9 heteroatoms. The number of nitrogens with zero attached hydrogens (tertiary/aromatic N) is 4. The van der Waals surface area contributed by atoms with Gasteiger partial charge in [-0.3, -0.25) is 19.5 Å². The van der Waals surface area contributed by atoms with E-state index in [1.165, 1.54) is 16.8 Å². The summed E-state index contributed by atoms with van der Waals surface area (Å²) in [7, 11) is 0. The van der Waals surface area contributed by atoms with Gasteiger partial charge < -0.3 is 15.0 Å². The van der Waals surface area contributed by atoms with Crippen LogP contribution in [0.25, 0.3) is 0 Å². The van der Waals surface area contributed by atoms with E-state index in [0.717, 1.165) is 50.3 Å². The van der Waals surface area contributed by atoms with Crippen LogP contribution in [0.2, 0.25) is 0 Å². The van der Waals surface area contributed by atoms with Gasteiger partial charge in [-0.1, -0.05) is 64.6 Å². The number of amides is 1. The van der Waals surface area contributed by atoms with Crippen molar-refractivity contribution in [2.24, 2.45) is 5.10 Å². The number of hydrogen-bond acceptors (Lipinski definition) is 7. The fraction of sp³-hybridized carbons (Fsp3) is 0.483. The first kappa shape index (κ1) is 28.4. The molecule has 0 saturated carbocycles. The van der Waals surface area contributed by atoms with Crippen molar-refractivity contribution in [1.29, 1.82) is 0 Å². The fourth-order valence-corrected chi connectivity index (χ4v) is 5.95. The number of esters is 1. The van der Waals surface area contributed by atoms with Crippen LogP contribution in [0.15, 0.2) is 47.6 Å². The van der Waals surface area contributed by atoms with Gasteiger partial charge in [0.2, 0.25) is 5.91 Å². The minimum Gasteiger partial charge on any atom is -0.466 e. The lowest BCUT2D eigenvalue weighted by Gasteiger charge is -2.37. The Balaban J connectivity index is 1.22. The average Bonchev–Trinajstić information content (AvgIpc) is 2.90. The number of carbonyl (C=O) groups is 2. The zero-order chi connectivity index (χ0) is 27.1. The molecule has 4 rings (SSSR count). The van der Waals surface area contributed by atoms with Crippen molar-refractivity contribution in [1.82, 2.24) is 15.2 Å². The molecule has 1 amide bonds. The van der Waals surface area contributed by atoms with Crippen molar-refractivity contribution in [2.45, 2.75) is 37.7 Å². The highest BCUT2D eigenvalue weighted by Gasteiger charge is 2.29. The largest absolute Gasteiger partial charge is 0.466 e. The fourth-order valence-electron chi connectivity index (χ4n) is 5.09. The van der Waals surface area contributed by atoms with E-state index >= 15 is 0 Å². The maximum atomic E-state index is 12.8. The Labute approximate surface area is 239 Å². The van der Waals surface area contributed by atoms with Crippen LogP contribution in [0, 0.1) is 13.8 Å². The van der Waals surface area contributed by atoms with Crippen LogP contribution in [0.3, 0.4) is 0 Å². The third-order valence-electron chi connectivity index (χ3n) is 7.00. The van der Waals surface area contributed by atoms with E-state index in [9.17, 15) is 9.59 Å². The van der Waals surface area contributed by atoms with Crippen LogP contribution in [0.4, 0.5) is 5.69 Å². The number of rotatable bonds is 10. The second kappa shape index (κ2) is 13.4. The van der Waals surface area contributed by atoms with Gasteiger partial charge in [-0.15, -0.1) is 0 Å². The lowest BCUT2D eigenvalue weighted by atomic mass is 9.99. The molecule has 1 atom stereocenters. The van der Waals surface area contributed by atoms with Crippen LogP contribution in [0.1, 0.15) is 46.1 Å². The van der Waals surface area contributed by atoms with E-state index in [2.05, 4.69) is 74.9 Å². The number of nitrogens with one attached hydrogen (secondary N) is 1. The Kier molecular flexibility index (Phi) is 10.0. The molecule has 1 saturated heterocycles.